The highest BCUT2D eigenvalue weighted by atomic mass is 32.2. The lowest BCUT2D eigenvalue weighted by molar-refractivity contribution is -0.138. The summed E-state index contributed by atoms with van der Waals surface area (Å²) in [6, 6.07) is 5.26. The largest absolute Gasteiger partial charge is 0.480 e. The normalized spacial score (nSPS) is 13.3. The summed E-state index contributed by atoms with van der Waals surface area (Å²) in [6.07, 6.45) is 0.0149. The lowest BCUT2D eigenvalue weighted by atomic mass is 10.0. The van der Waals surface area contributed by atoms with Gasteiger partial charge in [0.2, 0.25) is 0 Å². The van der Waals surface area contributed by atoms with Crippen LogP contribution in [0.3, 0.4) is 0 Å². The molecule has 0 heterocycles. The molecular weight excluding hydrogens is 246 g/mol. The van der Waals surface area contributed by atoms with Crippen molar-refractivity contribution in [2.45, 2.75) is 18.2 Å². The Hall–Kier alpha value is -1.44. The minimum absolute atomic E-state index is 0.0149. The van der Waals surface area contributed by atoms with E-state index in [1.54, 1.807) is 18.2 Å². The Kier molecular flexibility index (Phi) is 4.22. The molecule has 0 aromatic heterocycles. The summed E-state index contributed by atoms with van der Waals surface area (Å²) in [5, 5.41) is 8.67. The minimum Gasteiger partial charge on any atom is -0.480 e. The van der Waals surface area contributed by atoms with Crippen molar-refractivity contribution in [2.75, 3.05) is 0 Å². The molecule has 4 N–H and O–H groups in total. The number of hydrogen-bond donors (Lipinski definition) is 3. The number of nitrogens with two attached hydrogens (primary N) is 1. The number of benzene rings is 1. The fraction of sp³-hybridized carbons (Fsp3) is 0.300. The smallest absolute Gasteiger partial charge is 0.320 e. The van der Waals surface area contributed by atoms with E-state index in [4.69, 9.17) is 15.4 Å². The predicted octanol–water partition coefficient (Wildman–Crippen LogP) is 0.0288. The molecule has 0 amide bonds. The zero-order chi connectivity index (χ0) is 13.1. The van der Waals surface area contributed by atoms with Gasteiger partial charge in [0.15, 0.2) is 0 Å². The van der Waals surface area contributed by atoms with Gasteiger partial charge in [-0.1, -0.05) is 24.3 Å². The van der Waals surface area contributed by atoms with Crippen LogP contribution in [-0.2, 0) is 27.1 Å². The zero-order valence-electron chi connectivity index (χ0n) is 8.91. The molecule has 6 nitrogen and oxygen atoms in total. The zero-order valence-corrected chi connectivity index (χ0v) is 9.72. The first-order valence-corrected chi connectivity index (χ1v) is 6.41. The van der Waals surface area contributed by atoms with Gasteiger partial charge in [0.05, 0.1) is 0 Å². The monoisotopic (exact) mass is 259 g/mol. The van der Waals surface area contributed by atoms with Gasteiger partial charge in [-0.3, -0.25) is 9.35 Å². The SMILES string of the molecule is NC(Cc1ccccc1CS(=O)(=O)O)C(=O)O. The first kappa shape index (κ1) is 13.6. The molecule has 1 atom stereocenters. The van der Waals surface area contributed by atoms with Gasteiger partial charge in [-0.2, -0.15) is 8.42 Å². The number of aliphatic carboxylic acids is 1. The van der Waals surface area contributed by atoms with Crippen molar-refractivity contribution in [3.05, 3.63) is 35.4 Å². The van der Waals surface area contributed by atoms with Crippen LogP contribution in [0.25, 0.3) is 0 Å². The summed E-state index contributed by atoms with van der Waals surface area (Å²) in [6.45, 7) is 0. The quantitative estimate of drug-likeness (QED) is 0.642. The van der Waals surface area contributed by atoms with Gasteiger partial charge in [0.1, 0.15) is 11.8 Å². The van der Waals surface area contributed by atoms with E-state index in [1.807, 2.05) is 0 Å². The summed E-state index contributed by atoms with van der Waals surface area (Å²) in [5.74, 6) is -1.71. The highest BCUT2D eigenvalue weighted by molar-refractivity contribution is 7.85. The van der Waals surface area contributed by atoms with E-state index in [1.165, 1.54) is 6.07 Å². The molecule has 7 heteroatoms. The number of hydrogen-bond acceptors (Lipinski definition) is 4. The molecule has 0 saturated heterocycles. The summed E-state index contributed by atoms with van der Waals surface area (Å²) >= 11 is 0. The van der Waals surface area contributed by atoms with Crippen LogP contribution in [0.2, 0.25) is 0 Å². The van der Waals surface area contributed by atoms with Crippen molar-refractivity contribution in [2.24, 2.45) is 5.73 Å². The molecule has 1 aromatic rings. The van der Waals surface area contributed by atoms with E-state index in [2.05, 4.69) is 0 Å². The van der Waals surface area contributed by atoms with Crippen molar-refractivity contribution < 1.29 is 22.9 Å². The first-order valence-electron chi connectivity index (χ1n) is 4.80. The van der Waals surface area contributed by atoms with Gasteiger partial charge < -0.3 is 10.8 Å². The number of carboxylic acids is 1. The van der Waals surface area contributed by atoms with E-state index in [9.17, 15) is 13.2 Å². The maximum absolute atomic E-state index is 10.8. The molecule has 0 aliphatic carbocycles. The number of carboxylic acid groups (broad SMARTS) is 1. The number of rotatable bonds is 5. The van der Waals surface area contributed by atoms with Crippen molar-refractivity contribution in [3.63, 3.8) is 0 Å². The summed E-state index contributed by atoms with van der Waals surface area (Å²) in [7, 11) is -4.14. The molecule has 0 fully saturated rings. The first-order chi connectivity index (χ1) is 7.79. The molecule has 1 aromatic carbocycles. The van der Waals surface area contributed by atoms with E-state index >= 15 is 0 Å². The summed E-state index contributed by atoms with van der Waals surface area (Å²) in [4.78, 5) is 10.6. The van der Waals surface area contributed by atoms with Crippen molar-refractivity contribution in [3.8, 4) is 0 Å². The molecule has 0 spiro atoms. The molecular formula is C10H13NO5S. The van der Waals surface area contributed by atoms with Crippen LogP contribution in [0.1, 0.15) is 11.1 Å². The second kappa shape index (κ2) is 5.26. The second-order valence-corrected chi connectivity index (χ2v) is 5.10. The Morgan fingerprint density at radius 3 is 2.29 bits per heavy atom. The topological polar surface area (TPSA) is 118 Å². The van der Waals surface area contributed by atoms with Crippen LogP contribution in [0, 0.1) is 0 Å². The van der Waals surface area contributed by atoms with Crippen molar-refractivity contribution in [1.82, 2.24) is 0 Å². The third-order valence-electron chi connectivity index (χ3n) is 2.21. The van der Waals surface area contributed by atoms with Crippen LogP contribution in [-0.4, -0.2) is 30.1 Å². The van der Waals surface area contributed by atoms with Gasteiger partial charge in [0, 0.05) is 0 Å². The Balaban J connectivity index is 2.96. The Labute approximate surface area is 98.8 Å². The lowest BCUT2D eigenvalue weighted by Gasteiger charge is -2.10. The van der Waals surface area contributed by atoms with E-state index in [0.717, 1.165) is 0 Å². The molecule has 1 rings (SSSR count). The fourth-order valence-electron chi connectivity index (χ4n) is 1.42. The predicted molar refractivity (Wildman–Crippen MR) is 61.0 cm³/mol. The van der Waals surface area contributed by atoms with Gasteiger partial charge in [-0.05, 0) is 17.5 Å². The standard InChI is InChI=1S/C10H13NO5S/c11-9(10(12)13)5-7-3-1-2-4-8(7)6-17(14,15)16/h1-4,9H,5-6,11H2,(H,12,13)(H,14,15,16). The van der Waals surface area contributed by atoms with E-state index in [0.29, 0.717) is 11.1 Å². The van der Waals surface area contributed by atoms with Crippen LogP contribution >= 0.6 is 0 Å². The van der Waals surface area contributed by atoms with Crippen LogP contribution in [0.15, 0.2) is 24.3 Å². The molecule has 17 heavy (non-hydrogen) atoms. The lowest BCUT2D eigenvalue weighted by Crippen LogP contribution is -2.32. The van der Waals surface area contributed by atoms with E-state index in [-0.39, 0.29) is 6.42 Å². The van der Waals surface area contributed by atoms with Gasteiger partial charge in [-0.15, -0.1) is 0 Å². The van der Waals surface area contributed by atoms with Crippen LogP contribution < -0.4 is 5.73 Å². The highest BCUT2D eigenvalue weighted by Gasteiger charge is 2.16. The molecule has 1 unspecified atom stereocenters. The maximum Gasteiger partial charge on any atom is 0.320 e. The third kappa shape index (κ3) is 4.51. The molecule has 94 valence electrons. The average molecular weight is 259 g/mol. The van der Waals surface area contributed by atoms with Gasteiger partial charge >= 0.3 is 5.97 Å². The minimum atomic E-state index is -4.14. The molecule has 0 saturated carbocycles. The second-order valence-electron chi connectivity index (χ2n) is 3.64. The molecule has 0 aliphatic heterocycles. The fourth-order valence-corrected chi connectivity index (χ4v) is 2.09. The maximum atomic E-state index is 10.8. The average Bonchev–Trinajstić information content (AvgIpc) is 2.18. The van der Waals surface area contributed by atoms with Gasteiger partial charge in [0.25, 0.3) is 10.1 Å². The summed E-state index contributed by atoms with van der Waals surface area (Å²) < 4.78 is 30.3. The Morgan fingerprint density at radius 2 is 1.82 bits per heavy atom. The number of carbonyl (C=O) groups is 1. The van der Waals surface area contributed by atoms with Gasteiger partial charge in [-0.25, -0.2) is 0 Å². The van der Waals surface area contributed by atoms with Crippen molar-refractivity contribution >= 4 is 16.1 Å². The highest BCUT2D eigenvalue weighted by Crippen LogP contribution is 2.13. The Morgan fingerprint density at radius 1 is 1.29 bits per heavy atom. The third-order valence-corrected chi connectivity index (χ3v) is 2.89. The van der Waals surface area contributed by atoms with Crippen LogP contribution in [0.4, 0.5) is 0 Å². The van der Waals surface area contributed by atoms with Crippen LogP contribution in [0.5, 0.6) is 0 Å². The molecule has 0 radical (unpaired) electrons. The van der Waals surface area contributed by atoms with Crippen molar-refractivity contribution in [1.29, 1.82) is 0 Å². The molecule has 0 bridgehead atoms. The molecule has 0 aliphatic rings. The Bertz CT molecular complexity index is 511. The summed E-state index contributed by atoms with van der Waals surface area (Å²) in [5.41, 5.74) is 6.22. The van der Waals surface area contributed by atoms with E-state index < -0.39 is 27.9 Å².